The molecule has 0 aliphatic heterocycles. The summed E-state index contributed by atoms with van der Waals surface area (Å²) in [5.74, 6) is -2.72. The lowest BCUT2D eigenvalue weighted by Crippen LogP contribution is -1.91. The van der Waals surface area contributed by atoms with Crippen molar-refractivity contribution in [2.75, 3.05) is 0 Å². The first kappa shape index (κ1) is 13.9. The minimum atomic E-state index is -0.824. The van der Waals surface area contributed by atoms with Gasteiger partial charge in [0.2, 0.25) is 0 Å². The molecular formula is C13H8F4O. The minimum absolute atomic E-state index is 0.157. The molecule has 1 nitrogen and oxygen atoms in total. The van der Waals surface area contributed by atoms with Crippen LogP contribution in [0.1, 0.15) is 10.4 Å². The van der Waals surface area contributed by atoms with Gasteiger partial charge in [-0.1, -0.05) is 12.1 Å². The summed E-state index contributed by atoms with van der Waals surface area (Å²) >= 11 is 0. The summed E-state index contributed by atoms with van der Waals surface area (Å²) in [5.41, 5.74) is -0.512. The van der Waals surface area contributed by atoms with E-state index in [0.29, 0.717) is 0 Å². The maximum absolute atomic E-state index is 12.4. The van der Waals surface area contributed by atoms with Crippen LogP contribution in [0.25, 0.3) is 0 Å². The van der Waals surface area contributed by atoms with Crippen molar-refractivity contribution in [2.45, 2.75) is 0 Å². The van der Waals surface area contributed by atoms with E-state index in [1.54, 1.807) is 0 Å². The molecule has 94 valence electrons. The standard InChI is InChI=1S/C7H4F2O.C6H4F2/c8-6-2-1-3-7(9)5(6)4-10;7-5-2-1-3-6(8)4-5/h1-4H;1-4H. The summed E-state index contributed by atoms with van der Waals surface area (Å²) in [4.78, 5) is 9.97. The lowest BCUT2D eigenvalue weighted by molar-refractivity contribution is 0.111. The molecular weight excluding hydrogens is 248 g/mol. The molecule has 0 amide bonds. The zero-order chi connectivity index (χ0) is 13.5. The van der Waals surface area contributed by atoms with E-state index >= 15 is 0 Å². The fourth-order valence-corrected chi connectivity index (χ4v) is 1.08. The summed E-state index contributed by atoms with van der Waals surface area (Å²) < 4.78 is 48.6. The largest absolute Gasteiger partial charge is 0.298 e. The smallest absolute Gasteiger partial charge is 0.155 e. The highest BCUT2D eigenvalue weighted by Gasteiger charge is 2.04. The van der Waals surface area contributed by atoms with E-state index < -0.39 is 28.8 Å². The van der Waals surface area contributed by atoms with Crippen LogP contribution in [0.3, 0.4) is 0 Å². The van der Waals surface area contributed by atoms with Gasteiger partial charge in [-0.25, -0.2) is 17.6 Å². The third-order valence-electron chi connectivity index (χ3n) is 1.90. The van der Waals surface area contributed by atoms with Crippen LogP contribution in [0.4, 0.5) is 17.6 Å². The molecule has 2 aromatic carbocycles. The molecule has 18 heavy (non-hydrogen) atoms. The third-order valence-corrected chi connectivity index (χ3v) is 1.90. The van der Waals surface area contributed by atoms with Gasteiger partial charge in [-0.15, -0.1) is 0 Å². The molecule has 0 aliphatic carbocycles. The molecule has 0 saturated carbocycles. The number of aldehydes is 1. The summed E-state index contributed by atoms with van der Waals surface area (Å²) in [5, 5.41) is 0. The topological polar surface area (TPSA) is 17.1 Å². The highest BCUT2D eigenvalue weighted by atomic mass is 19.1. The van der Waals surface area contributed by atoms with Crippen LogP contribution < -0.4 is 0 Å². The maximum Gasteiger partial charge on any atom is 0.155 e. The normalized spacial score (nSPS) is 9.33. The monoisotopic (exact) mass is 256 g/mol. The second-order valence-electron chi connectivity index (χ2n) is 3.19. The number of benzene rings is 2. The Hall–Kier alpha value is -2.17. The average molecular weight is 256 g/mol. The molecule has 5 heteroatoms. The van der Waals surface area contributed by atoms with Gasteiger partial charge in [-0.2, -0.15) is 0 Å². The van der Waals surface area contributed by atoms with Crippen LogP contribution in [-0.2, 0) is 0 Å². The van der Waals surface area contributed by atoms with Gasteiger partial charge in [0.05, 0.1) is 5.56 Å². The van der Waals surface area contributed by atoms with Crippen molar-refractivity contribution in [1.29, 1.82) is 0 Å². The quantitative estimate of drug-likeness (QED) is 0.561. The molecule has 0 saturated heterocycles. The molecule has 0 aromatic heterocycles. The third kappa shape index (κ3) is 4.01. The number of hydrogen-bond acceptors (Lipinski definition) is 1. The molecule has 0 unspecified atom stereocenters. The van der Waals surface area contributed by atoms with E-state index in [1.807, 2.05) is 0 Å². The van der Waals surface area contributed by atoms with Gasteiger partial charge in [0.15, 0.2) is 6.29 Å². The molecule has 0 atom stereocenters. The molecule has 0 radical (unpaired) electrons. The van der Waals surface area contributed by atoms with E-state index in [1.165, 1.54) is 24.3 Å². The number of carbonyl (C=O) groups is 1. The second-order valence-corrected chi connectivity index (χ2v) is 3.19. The highest BCUT2D eigenvalue weighted by molar-refractivity contribution is 5.75. The zero-order valence-corrected chi connectivity index (χ0v) is 9.04. The van der Waals surface area contributed by atoms with E-state index in [2.05, 4.69) is 0 Å². The van der Waals surface area contributed by atoms with Crippen LogP contribution in [0, 0.1) is 23.3 Å². The summed E-state index contributed by atoms with van der Waals surface area (Å²) in [7, 11) is 0. The molecule has 2 aromatic rings. The van der Waals surface area contributed by atoms with Crippen molar-refractivity contribution in [3.8, 4) is 0 Å². The van der Waals surface area contributed by atoms with Crippen LogP contribution in [-0.4, -0.2) is 6.29 Å². The van der Waals surface area contributed by atoms with Gasteiger partial charge in [0.25, 0.3) is 0 Å². The number of hydrogen-bond donors (Lipinski definition) is 0. The van der Waals surface area contributed by atoms with E-state index in [4.69, 9.17) is 0 Å². The maximum atomic E-state index is 12.4. The Kier molecular flexibility index (Phi) is 5.05. The van der Waals surface area contributed by atoms with Crippen molar-refractivity contribution in [3.63, 3.8) is 0 Å². The Morgan fingerprint density at radius 3 is 1.50 bits per heavy atom. The van der Waals surface area contributed by atoms with Gasteiger partial charge < -0.3 is 0 Å². The first-order valence-corrected chi connectivity index (χ1v) is 4.85. The Morgan fingerprint density at radius 1 is 0.778 bits per heavy atom. The fraction of sp³-hybridized carbons (Fsp3) is 0. The average Bonchev–Trinajstić information content (AvgIpc) is 2.29. The van der Waals surface area contributed by atoms with Crippen LogP contribution in [0.5, 0.6) is 0 Å². The molecule has 0 N–H and O–H groups in total. The predicted molar refractivity (Wildman–Crippen MR) is 58.1 cm³/mol. The second kappa shape index (κ2) is 6.54. The van der Waals surface area contributed by atoms with Crippen molar-refractivity contribution in [2.24, 2.45) is 0 Å². The predicted octanol–water partition coefficient (Wildman–Crippen LogP) is 3.74. The summed E-state index contributed by atoms with van der Waals surface area (Å²) in [6, 6.07) is 7.83. The van der Waals surface area contributed by atoms with Gasteiger partial charge in [-0.3, -0.25) is 4.79 Å². The summed E-state index contributed by atoms with van der Waals surface area (Å²) in [6.45, 7) is 0. The van der Waals surface area contributed by atoms with Crippen LogP contribution >= 0.6 is 0 Å². The number of halogens is 4. The molecule has 0 fully saturated rings. The first-order chi connectivity index (χ1) is 8.54. The van der Waals surface area contributed by atoms with Gasteiger partial charge in [0, 0.05) is 6.07 Å². The van der Waals surface area contributed by atoms with Crippen molar-refractivity contribution >= 4 is 6.29 Å². The lowest BCUT2D eigenvalue weighted by Gasteiger charge is -1.93. The van der Waals surface area contributed by atoms with Crippen LogP contribution in [0.2, 0.25) is 0 Å². The molecule has 0 heterocycles. The van der Waals surface area contributed by atoms with Gasteiger partial charge >= 0.3 is 0 Å². The Morgan fingerprint density at radius 2 is 1.22 bits per heavy atom. The number of carbonyl (C=O) groups excluding carboxylic acids is 1. The molecule has 2 rings (SSSR count). The molecule has 0 spiro atoms. The Balaban J connectivity index is 0.000000184. The first-order valence-electron chi connectivity index (χ1n) is 4.85. The summed E-state index contributed by atoms with van der Waals surface area (Å²) in [6.07, 6.45) is 0.157. The Labute approximate surface area is 101 Å². The zero-order valence-electron chi connectivity index (χ0n) is 9.04. The van der Waals surface area contributed by atoms with E-state index in [9.17, 15) is 22.4 Å². The highest BCUT2D eigenvalue weighted by Crippen LogP contribution is 2.08. The lowest BCUT2D eigenvalue weighted by atomic mass is 10.2. The SMILES string of the molecule is Fc1cccc(F)c1.O=Cc1c(F)cccc1F. The molecule has 0 aliphatic rings. The van der Waals surface area contributed by atoms with Crippen molar-refractivity contribution in [1.82, 2.24) is 0 Å². The van der Waals surface area contributed by atoms with Crippen LogP contribution in [0.15, 0.2) is 42.5 Å². The molecule has 0 bridgehead atoms. The van der Waals surface area contributed by atoms with Gasteiger partial charge in [-0.05, 0) is 24.3 Å². The van der Waals surface area contributed by atoms with Crippen molar-refractivity contribution < 1.29 is 22.4 Å². The van der Waals surface area contributed by atoms with Crippen molar-refractivity contribution in [3.05, 3.63) is 71.3 Å². The van der Waals surface area contributed by atoms with E-state index in [0.717, 1.165) is 18.2 Å². The van der Waals surface area contributed by atoms with E-state index in [-0.39, 0.29) is 6.29 Å². The van der Waals surface area contributed by atoms with Gasteiger partial charge in [0.1, 0.15) is 23.3 Å². The minimum Gasteiger partial charge on any atom is -0.298 e. The fourth-order valence-electron chi connectivity index (χ4n) is 1.08. The number of rotatable bonds is 1. The Bertz CT molecular complexity index is 503.